The summed E-state index contributed by atoms with van der Waals surface area (Å²) in [6.07, 6.45) is 1.18. The first kappa shape index (κ1) is 30.3. The molecule has 0 unspecified atom stereocenters. The second-order valence-corrected chi connectivity index (χ2v) is 11.8. The number of halogens is 1. The number of benzene rings is 2. The molecule has 0 atom stereocenters. The van der Waals surface area contributed by atoms with Crippen LogP contribution in [0.4, 0.5) is 5.82 Å². The second kappa shape index (κ2) is 14.4. The molecule has 1 fully saturated rings. The van der Waals surface area contributed by atoms with Crippen molar-refractivity contribution in [2.75, 3.05) is 37.7 Å². The van der Waals surface area contributed by atoms with E-state index in [4.69, 9.17) is 36.8 Å². The predicted octanol–water partition coefficient (Wildman–Crippen LogP) is 6.04. The maximum Gasteiger partial charge on any atom is 0.307 e. The first-order chi connectivity index (χ1) is 21.0. The van der Waals surface area contributed by atoms with Crippen LogP contribution in [0.5, 0.6) is 5.75 Å². The largest absolute Gasteiger partial charge is 0.490 e. The van der Waals surface area contributed by atoms with E-state index >= 15 is 0 Å². The Morgan fingerprint density at radius 3 is 2.40 bits per heavy atom. The van der Waals surface area contributed by atoms with Crippen LogP contribution in [0.2, 0.25) is 5.02 Å². The minimum Gasteiger partial charge on any atom is -0.490 e. The van der Waals surface area contributed by atoms with Gasteiger partial charge in [-0.2, -0.15) is 10.5 Å². The summed E-state index contributed by atoms with van der Waals surface area (Å²) in [5.74, 6) is 1.31. The number of esters is 1. The van der Waals surface area contributed by atoms with Crippen molar-refractivity contribution in [3.05, 3.63) is 75.8 Å². The smallest absolute Gasteiger partial charge is 0.307 e. The van der Waals surface area contributed by atoms with Gasteiger partial charge < -0.3 is 20.1 Å². The van der Waals surface area contributed by atoms with Gasteiger partial charge in [0.25, 0.3) is 0 Å². The number of anilines is 1. The number of nitrogens with two attached hydrogens (primary N) is 1. The molecule has 0 saturated carbocycles. The van der Waals surface area contributed by atoms with Gasteiger partial charge in [-0.1, -0.05) is 47.6 Å². The van der Waals surface area contributed by atoms with Crippen molar-refractivity contribution >= 4 is 46.5 Å². The Hall–Kier alpha value is -4.13. The van der Waals surface area contributed by atoms with E-state index < -0.39 is 0 Å². The van der Waals surface area contributed by atoms with Crippen LogP contribution in [-0.2, 0) is 15.3 Å². The van der Waals surface area contributed by atoms with Crippen LogP contribution in [0.1, 0.15) is 29.7 Å². The summed E-state index contributed by atoms with van der Waals surface area (Å²) >= 11 is 9.01. The van der Waals surface area contributed by atoms with Crippen LogP contribution >= 0.6 is 34.7 Å². The van der Waals surface area contributed by atoms with Crippen LogP contribution in [0.15, 0.2) is 58.9 Å². The highest BCUT2D eigenvalue weighted by Crippen LogP contribution is 2.40. The number of hydrogen-bond donors (Lipinski definition) is 1. The Labute approximate surface area is 262 Å². The third-order valence-corrected chi connectivity index (χ3v) is 8.83. The molecule has 5 rings (SSSR count). The number of hydrogen-bond acceptors (Lipinski definition) is 11. The van der Waals surface area contributed by atoms with E-state index in [0.29, 0.717) is 49.6 Å². The highest BCUT2D eigenvalue weighted by atomic mass is 35.5. The molecule has 2 aromatic heterocycles. The molecular formula is C31H27ClN6O3S2. The number of thioether (sulfide) groups is 1. The molecule has 4 aromatic rings. The second-order valence-electron chi connectivity index (χ2n) is 9.50. The summed E-state index contributed by atoms with van der Waals surface area (Å²) < 4.78 is 10.8. The van der Waals surface area contributed by atoms with E-state index in [9.17, 15) is 15.3 Å². The fraction of sp³-hybridized carbons (Fsp3) is 0.258. The molecule has 218 valence electrons. The van der Waals surface area contributed by atoms with Gasteiger partial charge in [-0.25, -0.2) is 9.97 Å². The van der Waals surface area contributed by atoms with Crippen LogP contribution in [0.25, 0.3) is 21.7 Å². The quantitative estimate of drug-likeness (QED) is 0.112. The molecule has 12 heteroatoms. The number of aromatic nitrogens is 2. The standard InChI is InChI=1S/C31H27ClN6O3S2/c32-22-6-2-21(3-7-22)30-36-23(18-42-30)19-43-31-26(17-35)28(25(16-34)29(37-31)38-12-1-13-38)20-4-8-24(9-5-20)40-14-15-41-27(39)10-11-33/h2-9,18H,1,10-15,19,33H2. The van der Waals surface area contributed by atoms with Crippen LogP contribution in [0.3, 0.4) is 0 Å². The van der Waals surface area contributed by atoms with E-state index in [1.165, 1.54) is 11.8 Å². The van der Waals surface area contributed by atoms with Gasteiger partial charge in [0.1, 0.15) is 52.5 Å². The summed E-state index contributed by atoms with van der Waals surface area (Å²) in [5.41, 5.74) is 9.19. The molecule has 0 spiro atoms. The Morgan fingerprint density at radius 2 is 1.74 bits per heavy atom. The molecule has 9 nitrogen and oxygen atoms in total. The van der Waals surface area contributed by atoms with E-state index in [1.807, 2.05) is 41.8 Å². The third kappa shape index (κ3) is 7.27. The van der Waals surface area contributed by atoms with Crippen molar-refractivity contribution < 1.29 is 14.3 Å². The topological polar surface area (TPSA) is 138 Å². The number of thiazole rings is 1. The first-order valence-electron chi connectivity index (χ1n) is 13.6. The van der Waals surface area contributed by atoms with Crippen molar-refractivity contribution in [3.63, 3.8) is 0 Å². The molecule has 2 aromatic carbocycles. The summed E-state index contributed by atoms with van der Waals surface area (Å²) in [6, 6.07) is 19.4. The minimum atomic E-state index is -0.365. The van der Waals surface area contributed by atoms with Crippen LogP contribution in [0, 0.1) is 22.7 Å². The van der Waals surface area contributed by atoms with E-state index in [1.54, 1.807) is 23.5 Å². The van der Waals surface area contributed by atoms with Crippen molar-refractivity contribution in [3.8, 4) is 39.6 Å². The zero-order valence-corrected chi connectivity index (χ0v) is 25.5. The van der Waals surface area contributed by atoms with Gasteiger partial charge in [-0.05, 0) is 36.2 Å². The molecule has 0 aliphatic carbocycles. The summed E-state index contributed by atoms with van der Waals surface area (Å²) in [5, 5.41) is 24.7. The Morgan fingerprint density at radius 1 is 1.02 bits per heavy atom. The summed E-state index contributed by atoms with van der Waals surface area (Å²) in [7, 11) is 0. The average Bonchev–Trinajstić information content (AvgIpc) is 3.47. The maximum atomic E-state index is 11.5. The summed E-state index contributed by atoms with van der Waals surface area (Å²) in [6.45, 7) is 2.14. The predicted molar refractivity (Wildman–Crippen MR) is 168 cm³/mol. The van der Waals surface area contributed by atoms with Gasteiger partial charge in [0.15, 0.2) is 0 Å². The lowest BCUT2D eigenvalue weighted by Crippen LogP contribution is -2.38. The molecule has 43 heavy (non-hydrogen) atoms. The molecular weight excluding hydrogens is 604 g/mol. The Bertz CT molecular complexity index is 1680. The maximum absolute atomic E-state index is 11.5. The van der Waals surface area contributed by atoms with Gasteiger partial charge in [0.05, 0.1) is 17.7 Å². The first-order valence-corrected chi connectivity index (χ1v) is 15.8. The molecule has 2 N–H and O–H groups in total. The molecule has 1 aliphatic rings. The van der Waals surface area contributed by atoms with Gasteiger partial charge in [-0.3, -0.25) is 4.79 Å². The number of carbonyl (C=O) groups excluding carboxylic acids is 1. The van der Waals surface area contributed by atoms with Crippen LogP contribution < -0.4 is 15.4 Å². The fourth-order valence-electron chi connectivity index (χ4n) is 4.37. The lowest BCUT2D eigenvalue weighted by molar-refractivity contribution is -0.144. The van der Waals surface area contributed by atoms with E-state index in [2.05, 4.69) is 17.0 Å². The minimum absolute atomic E-state index is 0.113. The molecule has 0 bridgehead atoms. The zero-order valence-electron chi connectivity index (χ0n) is 23.1. The highest BCUT2D eigenvalue weighted by molar-refractivity contribution is 7.98. The Balaban J connectivity index is 1.39. The number of ether oxygens (including phenoxy) is 2. The normalized spacial score (nSPS) is 12.2. The summed E-state index contributed by atoms with van der Waals surface area (Å²) in [4.78, 5) is 23.2. The monoisotopic (exact) mass is 630 g/mol. The molecule has 1 saturated heterocycles. The molecule has 0 radical (unpaired) electrons. The van der Waals surface area contributed by atoms with Crippen molar-refractivity contribution in [1.29, 1.82) is 10.5 Å². The molecule has 1 aliphatic heterocycles. The molecule has 0 amide bonds. The van der Waals surface area contributed by atoms with Crippen molar-refractivity contribution in [2.24, 2.45) is 5.73 Å². The number of nitrogens with zero attached hydrogens (tertiary/aromatic N) is 5. The number of rotatable bonds is 12. The van der Waals surface area contributed by atoms with E-state index in [0.717, 1.165) is 35.8 Å². The van der Waals surface area contributed by atoms with Gasteiger partial charge in [0.2, 0.25) is 0 Å². The SMILES string of the molecule is N#Cc1c(SCc2csc(-c3ccc(Cl)cc3)n2)nc(N2CCC2)c(C#N)c1-c1ccc(OCCOC(=O)CCN)cc1. The number of pyridine rings is 1. The highest BCUT2D eigenvalue weighted by Gasteiger charge is 2.27. The lowest BCUT2D eigenvalue weighted by Gasteiger charge is -2.33. The average molecular weight is 631 g/mol. The molecule has 3 heterocycles. The number of nitriles is 2. The van der Waals surface area contributed by atoms with E-state index in [-0.39, 0.29) is 32.1 Å². The lowest BCUT2D eigenvalue weighted by atomic mass is 9.96. The zero-order chi connectivity index (χ0) is 30.2. The Kier molecular flexibility index (Phi) is 10.1. The van der Waals surface area contributed by atoms with Crippen molar-refractivity contribution in [2.45, 2.75) is 23.6 Å². The fourth-order valence-corrected chi connectivity index (χ4v) is 6.31. The van der Waals surface area contributed by atoms with Crippen molar-refractivity contribution in [1.82, 2.24) is 9.97 Å². The van der Waals surface area contributed by atoms with Gasteiger partial charge in [-0.15, -0.1) is 11.3 Å². The van der Waals surface area contributed by atoms with Gasteiger partial charge in [0, 0.05) is 46.9 Å². The third-order valence-electron chi connectivity index (χ3n) is 6.63. The van der Waals surface area contributed by atoms with Crippen LogP contribution in [-0.4, -0.2) is 48.8 Å². The van der Waals surface area contributed by atoms with Gasteiger partial charge >= 0.3 is 5.97 Å². The number of carbonyl (C=O) groups is 1.